The van der Waals surface area contributed by atoms with Crippen molar-refractivity contribution in [2.75, 3.05) is 6.54 Å². The molecule has 5 heterocycles. The Hall–Kier alpha value is -3.01. The fraction of sp³-hybridized carbons (Fsp3) is 0.304. The number of carbonyl (C=O) groups excluding carboxylic acids is 1. The third-order valence-corrected chi connectivity index (χ3v) is 7.59. The lowest BCUT2D eigenvalue weighted by atomic mass is 10.0. The Morgan fingerprint density at radius 1 is 1.27 bits per heavy atom. The van der Waals surface area contributed by atoms with Crippen molar-refractivity contribution in [3.05, 3.63) is 57.6 Å². The second-order valence-corrected chi connectivity index (χ2v) is 9.84. The van der Waals surface area contributed by atoms with Gasteiger partial charge in [-0.3, -0.25) is 9.78 Å². The second kappa shape index (κ2) is 7.79. The highest BCUT2D eigenvalue weighted by atomic mass is 35.5. The predicted molar refractivity (Wildman–Crippen MR) is 124 cm³/mol. The Morgan fingerprint density at radius 3 is 3.00 bits per heavy atom. The Balaban J connectivity index is 1.33. The van der Waals surface area contributed by atoms with Crippen LogP contribution in [0.5, 0.6) is 5.75 Å². The summed E-state index contributed by atoms with van der Waals surface area (Å²) in [6.07, 6.45) is 1.59. The van der Waals surface area contributed by atoms with Gasteiger partial charge in [0.25, 0.3) is 5.91 Å². The number of hydrogen-bond donors (Lipinski definition) is 1. The molecule has 1 unspecified atom stereocenters. The van der Waals surface area contributed by atoms with Crippen LogP contribution in [-0.4, -0.2) is 48.3 Å². The number of hydrogen-bond acceptors (Lipinski definition) is 7. The molecular formula is C23H20ClN5O3S. The molecule has 0 aliphatic carbocycles. The fourth-order valence-electron chi connectivity index (χ4n) is 4.63. The Bertz CT molecular complexity index is 1410. The van der Waals surface area contributed by atoms with E-state index in [1.807, 2.05) is 35.8 Å². The first-order chi connectivity index (χ1) is 16.0. The summed E-state index contributed by atoms with van der Waals surface area (Å²) in [7, 11) is 0. The molecule has 4 aromatic rings. The molecule has 3 aromatic heterocycles. The van der Waals surface area contributed by atoms with Gasteiger partial charge in [0, 0.05) is 52.3 Å². The smallest absolute Gasteiger partial charge is 0.264 e. The van der Waals surface area contributed by atoms with Crippen molar-refractivity contribution in [3.63, 3.8) is 0 Å². The number of ether oxygens (including phenoxy) is 1. The van der Waals surface area contributed by atoms with Crippen LogP contribution in [0.1, 0.15) is 22.1 Å². The molecule has 10 heteroatoms. The van der Waals surface area contributed by atoms with Crippen LogP contribution in [-0.2, 0) is 30.9 Å². The Labute approximate surface area is 198 Å². The average Bonchev–Trinajstić information content (AvgIpc) is 3.54. The summed E-state index contributed by atoms with van der Waals surface area (Å²) in [4.78, 5) is 20.4. The van der Waals surface area contributed by atoms with Crippen molar-refractivity contribution >= 4 is 39.1 Å². The van der Waals surface area contributed by atoms with Crippen molar-refractivity contribution in [3.8, 4) is 16.9 Å². The highest BCUT2D eigenvalue weighted by molar-refractivity contribution is 7.19. The van der Waals surface area contributed by atoms with Crippen LogP contribution in [0.4, 0.5) is 0 Å². The topological polar surface area (TPSA) is 93.4 Å². The van der Waals surface area contributed by atoms with Crippen LogP contribution in [0, 0.1) is 6.92 Å². The van der Waals surface area contributed by atoms with Crippen molar-refractivity contribution in [2.45, 2.75) is 39.1 Å². The molecule has 1 atom stereocenters. The summed E-state index contributed by atoms with van der Waals surface area (Å²) in [6, 6.07) is 7.55. The number of pyridine rings is 1. The number of aliphatic hydroxyl groups is 1. The van der Waals surface area contributed by atoms with Gasteiger partial charge in [-0.25, -0.2) is 0 Å². The van der Waals surface area contributed by atoms with Crippen molar-refractivity contribution in [2.24, 2.45) is 0 Å². The molecule has 33 heavy (non-hydrogen) atoms. The number of benzene rings is 1. The lowest BCUT2D eigenvalue weighted by Crippen LogP contribution is -2.45. The molecule has 8 nitrogen and oxygen atoms in total. The minimum atomic E-state index is -0.610. The molecule has 0 radical (unpaired) electrons. The zero-order valence-electron chi connectivity index (χ0n) is 17.8. The molecular weight excluding hydrogens is 462 g/mol. The number of carbonyl (C=O) groups is 1. The van der Waals surface area contributed by atoms with Gasteiger partial charge in [0.15, 0.2) is 11.9 Å². The zero-order chi connectivity index (χ0) is 22.7. The number of thiophene rings is 1. The van der Waals surface area contributed by atoms with Crippen LogP contribution < -0.4 is 4.74 Å². The molecule has 2 aliphatic heterocycles. The highest BCUT2D eigenvalue weighted by Crippen LogP contribution is 2.44. The van der Waals surface area contributed by atoms with E-state index >= 15 is 0 Å². The fourth-order valence-corrected chi connectivity index (χ4v) is 5.88. The van der Waals surface area contributed by atoms with E-state index in [1.54, 1.807) is 11.1 Å². The maximum absolute atomic E-state index is 13.3. The molecule has 2 aliphatic rings. The normalized spacial score (nSPS) is 17.2. The van der Waals surface area contributed by atoms with E-state index in [2.05, 4.69) is 15.2 Å². The van der Waals surface area contributed by atoms with Gasteiger partial charge in [-0.1, -0.05) is 11.6 Å². The molecule has 0 spiro atoms. The summed E-state index contributed by atoms with van der Waals surface area (Å²) < 4.78 is 9.28. The standard InChI is InChI=1S/C23H20ClN5O3S/c1-12-26-27-20-10-28(4-5-29(12)20)23(31)19-7-13-6-14(24)8-17(21(13)32-19)16-2-3-25-18-9-15(11-30)33-22(16)18/h2-3,6,8-9,19,30H,4-5,7,10-11H2,1H3. The largest absolute Gasteiger partial charge is 0.479 e. The first kappa shape index (κ1) is 20.6. The lowest BCUT2D eigenvalue weighted by Gasteiger charge is -2.29. The average molecular weight is 482 g/mol. The number of halogens is 1. The van der Waals surface area contributed by atoms with Crippen LogP contribution in [0.2, 0.25) is 5.02 Å². The van der Waals surface area contributed by atoms with Gasteiger partial charge in [0.05, 0.1) is 23.4 Å². The molecule has 6 rings (SSSR count). The van der Waals surface area contributed by atoms with Crippen LogP contribution >= 0.6 is 22.9 Å². The number of aliphatic hydroxyl groups excluding tert-OH is 1. The van der Waals surface area contributed by atoms with E-state index < -0.39 is 6.10 Å². The maximum atomic E-state index is 13.3. The van der Waals surface area contributed by atoms with Gasteiger partial charge in [-0.2, -0.15) is 0 Å². The third kappa shape index (κ3) is 3.38. The number of aryl methyl sites for hydroxylation is 1. The third-order valence-electron chi connectivity index (χ3n) is 6.23. The lowest BCUT2D eigenvalue weighted by molar-refractivity contribution is -0.139. The van der Waals surface area contributed by atoms with Gasteiger partial charge in [0.1, 0.15) is 11.6 Å². The molecule has 0 bridgehead atoms. The first-order valence-electron chi connectivity index (χ1n) is 10.7. The van der Waals surface area contributed by atoms with Gasteiger partial charge in [-0.05, 0) is 31.2 Å². The number of nitrogens with zero attached hydrogens (tertiary/aromatic N) is 5. The first-order valence-corrected chi connectivity index (χ1v) is 11.9. The van der Waals surface area contributed by atoms with Gasteiger partial charge >= 0.3 is 0 Å². The number of fused-ring (bicyclic) bond motifs is 3. The second-order valence-electron chi connectivity index (χ2n) is 8.27. The van der Waals surface area contributed by atoms with E-state index in [1.165, 1.54) is 11.3 Å². The van der Waals surface area contributed by atoms with Crippen LogP contribution in [0.3, 0.4) is 0 Å². The van der Waals surface area contributed by atoms with Gasteiger partial charge in [-0.15, -0.1) is 21.5 Å². The SMILES string of the molecule is Cc1nnc2n1CCN(C(=O)C1Cc3cc(Cl)cc(-c4ccnc5cc(CO)sc45)c3O1)C2. The molecule has 0 saturated carbocycles. The van der Waals surface area contributed by atoms with E-state index in [0.717, 1.165) is 43.4 Å². The van der Waals surface area contributed by atoms with Crippen molar-refractivity contribution in [1.82, 2.24) is 24.6 Å². The molecule has 0 saturated heterocycles. The van der Waals surface area contributed by atoms with Gasteiger partial charge in [0.2, 0.25) is 0 Å². The molecule has 1 amide bonds. The molecule has 0 fully saturated rings. The van der Waals surface area contributed by atoms with Crippen molar-refractivity contribution < 1.29 is 14.6 Å². The van der Waals surface area contributed by atoms with E-state index in [0.29, 0.717) is 36.8 Å². The summed E-state index contributed by atoms with van der Waals surface area (Å²) in [5, 5.41) is 18.5. The summed E-state index contributed by atoms with van der Waals surface area (Å²) in [5.41, 5.74) is 3.49. The molecule has 168 valence electrons. The van der Waals surface area contributed by atoms with E-state index in [-0.39, 0.29) is 12.5 Å². The Morgan fingerprint density at radius 2 is 2.15 bits per heavy atom. The number of aromatic nitrogens is 4. The molecule has 1 aromatic carbocycles. The van der Waals surface area contributed by atoms with Gasteiger partial charge < -0.3 is 19.3 Å². The minimum absolute atomic E-state index is 0.0374. The molecule has 1 N–H and O–H groups in total. The highest BCUT2D eigenvalue weighted by Gasteiger charge is 2.36. The monoisotopic (exact) mass is 481 g/mol. The van der Waals surface area contributed by atoms with Crippen LogP contribution in [0.15, 0.2) is 30.5 Å². The number of amides is 1. The van der Waals surface area contributed by atoms with E-state index in [4.69, 9.17) is 16.3 Å². The summed E-state index contributed by atoms with van der Waals surface area (Å²) >= 11 is 7.97. The summed E-state index contributed by atoms with van der Waals surface area (Å²) in [5.74, 6) is 2.28. The predicted octanol–water partition coefficient (Wildman–Crippen LogP) is 3.35. The minimum Gasteiger partial charge on any atom is -0.479 e. The maximum Gasteiger partial charge on any atom is 0.264 e. The zero-order valence-corrected chi connectivity index (χ0v) is 19.4. The van der Waals surface area contributed by atoms with Crippen LogP contribution in [0.25, 0.3) is 21.3 Å². The Kier molecular flexibility index (Phi) is 4.86. The van der Waals surface area contributed by atoms with Crippen molar-refractivity contribution in [1.29, 1.82) is 0 Å². The quantitative estimate of drug-likeness (QED) is 0.482. The summed E-state index contributed by atoms with van der Waals surface area (Å²) in [6.45, 7) is 3.58. The number of rotatable bonds is 3. The van der Waals surface area contributed by atoms with E-state index in [9.17, 15) is 9.90 Å².